The second-order valence-electron chi connectivity index (χ2n) is 3.27. The molecule has 2 nitrogen and oxygen atoms in total. The van der Waals surface area contributed by atoms with Crippen LogP contribution in [0.3, 0.4) is 0 Å². The molecule has 0 heterocycles. The number of hydrogen-bond acceptors (Lipinski definition) is 2. The lowest BCUT2D eigenvalue weighted by molar-refractivity contribution is 0.469. The Labute approximate surface area is 73.0 Å². The highest BCUT2D eigenvalue weighted by Gasteiger charge is 2.05. The smallest absolute Gasteiger partial charge is 0.119 e. The highest BCUT2D eigenvalue weighted by Crippen LogP contribution is 2.24. The van der Waals surface area contributed by atoms with E-state index in [2.05, 4.69) is 0 Å². The number of phenols is 1. The number of benzene rings is 1. The quantitative estimate of drug-likeness (QED) is 0.668. The fourth-order valence-corrected chi connectivity index (χ4v) is 1.13. The summed E-state index contributed by atoms with van der Waals surface area (Å²) in [7, 11) is 0. The molecule has 0 spiro atoms. The maximum Gasteiger partial charge on any atom is 0.119 e. The van der Waals surface area contributed by atoms with Gasteiger partial charge in [0.1, 0.15) is 5.75 Å². The molecule has 0 saturated heterocycles. The highest BCUT2D eigenvalue weighted by molar-refractivity contribution is 5.42. The molecule has 1 unspecified atom stereocenters. The van der Waals surface area contributed by atoms with Gasteiger partial charge in [-0.3, -0.25) is 0 Å². The monoisotopic (exact) mass is 165 g/mol. The van der Waals surface area contributed by atoms with E-state index < -0.39 is 0 Å². The minimum Gasteiger partial charge on any atom is -0.508 e. The molecule has 1 rings (SSSR count). The highest BCUT2D eigenvalue weighted by atomic mass is 16.3. The summed E-state index contributed by atoms with van der Waals surface area (Å²) in [5, 5.41) is 9.47. The molecule has 0 saturated carbocycles. The van der Waals surface area contributed by atoms with Crippen molar-refractivity contribution in [2.75, 3.05) is 0 Å². The second kappa shape index (κ2) is 3.15. The lowest BCUT2D eigenvalue weighted by atomic mass is 10.0. The van der Waals surface area contributed by atoms with Gasteiger partial charge in [-0.1, -0.05) is 6.07 Å². The van der Waals surface area contributed by atoms with Crippen LogP contribution >= 0.6 is 0 Å². The first-order valence-corrected chi connectivity index (χ1v) is 4.08. The van der Waals surface area contributed by atoms with Gasteiger partial charge in [-0.05, 0) is 43.5 Å². The molecule has 0 amide bonds. The van der Waals surface area contributed by atoms with Crippen molar-refractivity contribution in [3.8, 4) is 5.75 Å². The van der Waals surface area contributed by atoms with Crippen LogP contribution in [0.15, 0.2) is 12.1 Å². The molecule has 0 aliphatic rings. The molecular formula is C10H15NO. The van der Waals surface area contributed by atoms with E-state index in [4.69, 9.17) is 5.73 Å². The molecule has 12 heavy (non-hydrogen) atoms. The van der Waals surface area contributed by atoms with Crippen molar-refractivity contribution in [1.29, 1.82) is 0 Å². The molecule has 0 radical (unpaired) electrons. The summed E-state index contributed by atoms with van der Waals surface area (Å²) < 4.78 is 0. The second-order valence-corrected chi connectivity index (χ2v) is 3.27. The number of hydrogen-bond donors (Lipinski definition) is 2. The minimum absolute atomic E-state index is 0.0183. The summed E-state index contributed by atoms with van der Waals surface area (Å²) in [5.74, 6) is 0.335. The third-order valence-electron chi connectivity index (χ3n) is 2.19. The molecular weight excluding hydrogens is 150 g/mol. The molecule has 0 aliphatic carbocycles. The number of aromatic hydroxyl groups is 1. The van der Waals surface area contributed by atoms with Crippen LogP contribution in [0, 0.1) is 13.8 Å². The van der Waals surface area contributed by atoms with Crippen molar-refractivity contribution in [2.45, 2.75) is 26.8 Å². The molecule has 66 valence electrons. The number of nitrogens with two attached hydrogens (primary N) is 1. The SMILES string of the molecule is Cc1cc(C(C)N)cc(O)c1C. The van der Waals surface area contributed by atoms with Gasteiger partial charge in [0.2, 0.25) is 0 Å². The van der Waals surface area contributed by atoms with E-state index in [1.54, 1.807) is 6.07 Å². The fourth-order valence-electron chi connectivity index (χ4n) is 1.13. The average Bonchev–Trinajstić information content (AvgIpc) is 1.99. The van der Waals surface area contributed by atoms with Gasteiger partial charge in [0.15, 0.2) is 0 Å². The van der Waals surface area contributed by atoms with Crippen LogP contribution < -0.4 is 5.73 Å². The number of rotatable bonds is 1. The Morgan fingerprint density at radius 3 is 2.33 bits per heavy atom. The van der Waals surface area contributed by atoms with Crippen molar-refractivity contribution in [2.24, 2.45) is 5.73 Å². The van der Waals surface area contributed by atoms with Crippen molar-refractivity contribution in [3.63, 3.8) is 0 Å². The van der Waals surface area contributed by atoms with Crippen LogP contribution in [0.25, 0.3) is 0 Å². The topological polar surface area (TPSA) is 46.2 Å². The Kier molecular flexibility index (Phi) is 2.38. The molecule has 0 fully saturated rings. The minimum atomic E-state index is -0.0183. The van der Waals surface area contributed by atoms with Crippen molar-refractivity contribution >= 4 is 0 Å². The van der Waals surface area contributed by atoms with Crippen LogP contribution in [0.4, 0.5) is 0 Å². The van der Waals surface area contributed by atoms with Gasteiger partial charge >= 0.3 is 0 Å². The first kappa shape index (κ1) is 9.07. The molecule has 0 aliphatic heterocycles. The van der Waals surface area contributed by atoms with E-state index >= 15 is 0 Å². The van der Waals surface area contributed by atoms with Crippen molar-refractivity contribution in [1.82, 2.24) is 0 Å². The first-order chi connectivity index (χ1) is 5.52. The number of aryl methyl sites for hydroxylation is 1. The molecule has 0 bridgehead atoms. The van der Waals surface area contributed by atoms with Crippen LogP contribution in [0.5, 0.6) is 5.75 Å². The maximum absolute atomic E-state index is 9.47. The Morgan fingerprint density at radius 1 is 1.33 bits per heavy atom. The van der Waals surface area contributed by atoms with Crippen LogP contribution in [0.2, 0.25) is 0 Å². The standard InChI is InChI=1S/C10H15NO/c1-6-4-9(8(3)11)5-10(12)7(6)2/h4-5,8,12H,11H2,1-3H3. The van der Waals surface area contributed by atoms with Crippen LogP contribution in [0.1, 0.15) is 29.7 Å². The molecule has 1 aromatic carbocycles. The van der Waals surface area contributed by atoms with E-state index in [1.165, 1.54) is 0 Å². The summed E-state index contributed by atoms with van der Waals surface area (Å²) >= 11 is 0. The normalized spacial score (nSPS) is 13.0. The van der Waals surface area contributed by atoms with Crippen molar-refractivity contribution in [3.05, 3.63) is 28.8 Å². The summed E-state index contributed by atoms with van der Waals surface area (Å²) in [5.41, 5.74) is 8.69. The fraction of sp³-hybridized carbons (Fsp3) is 0.400. The Morgan fingerprint density at radius 2 is 1.92 bits per heavy atom. The molecule has 3 N–H and O–H groups in total. The van der Waals surface area contributed by atoms with Gasteiger partial charge in [-0.25, -0.2) is 0 Å². The molecule has 1 aromatic rings. The Balaban J connectivity index is 3.21. The largest absolute Gasteiger partial charge is 0.508 e. The zero-order valence-corrected chi connectivity index (χ0v) is 7.76. The molecule has 0 aromatic heterocycles. The summed E-state index contributed by atoms with van der Waals surface area (Å²) in [6.45, 7) is 5.78. The third kappa shape index (κ3) is 1.59. The Bertz CT molecular complexity index is 269. The van der Waals surface area contributed by atoms with E-state index in [9.17, 15) is 5.11 Å². The average molecular weight is 165 g/mol. The first-order valence-electron chi connectivity index (χ1n) is 4.08. The van der Waals surface area contributed by atoms with Gasteiger partial charge in [0.25, 0.3) is 0 Å². The summed E-state index contributed by atoms with van der Waals surface area (Å²) in [6.07, 6.45) is 0. The lowest BCUT2D eigenvalue weighted by Gasteiger charge is -2.10. The van der Waals surface area contributed by atoms with E-state index in [0.717, 1.165) is 16.7 Å². The zero-order chi connectivity index (χ0) is 9.30. The maximum atomic E-state index is 9.47. The van der Waals surface area contributed by atoms with Crippen LogP contribution in [-0.2, 0) is 0 Å². The van der Waals surface area contributed by atoms with Gasteiger partial charge < -0.3 is 10.8 Å². The lowest BCUT2D eigenvalue weighted by Crippen LogP contribution is -2.05. The summed E-state index contributed by atoms with van der Waals surface area (Å²) in [4.78, 5) is 0. The zero-order valence-electron chi connectivity index (χ0n) is 7.76. The molecule has 2 heteroatoms. The predicted octanol–water partition coefficient (Wildman–Crippen LogP) is 2.03. The van der Waals surface area contributed by atoms with Crippen LogP contribution in [-0.4, -0.2) is 5.11 Å². The summed E-state index contributed by atoms with van der Waals surface area (Å²) in [6, 6.07) is 3.72. The van der Waals surface area contributed by atoms with Gasteiger partial charge in [0.05, 0.1) is 0 Å². The van der Waals surface area contributed by atoms with Gasteiger partial charge in [0, 0.05) is 6.04 Å². The van der Waals surface area contributed by atoms with E-state index in [-0.39, 0.29) is 6.04 Å². The molecule has 1 atom stereocenters. The van der Waals surface area contributed by atoms with Gasteiger partial charge in [-0.15, -0.1) is 0 Å². The number of phenolic OH excluding ortho intramolecular Hbond substituents is 1. The van der Waals surface area contributed by atoms with Crippen molar-refractivity contribution < 1.29 is 5.11 Å². The van der Waals surface area contributed by atoms with E-state index in [0.29, 0.717) is 5.75 Å². The predicted molar refractivity (Wildman–Crippen MR) is 50.2 cm³/mol. The third-order valence-corrected chi connectivity index (χ3v) is 2.19. The van der Waals surface area contributed by atoms with E-state index in [1.807, 2.05) is 26.8 Å². The Hall–Kier alpha value is -1.02. The van der Waals surface area contributed by atoms with Gasteiger partial charge in [-0.2, -0.15) is 0 Å².